The normalized spacial score (nSPS) is 17.5. The molecule has 0 fully saturated rings. The first kappa shape index (κ1) is 25.9. The summed E-state index contributed by atoms with van der Waals surface area (Å²) in [5.41, 5.74) is 7.32. The van der Waals surface area contributed by atoms with E-state index >= 15 is 0 Å². The Morgan fingerprint density at radius 1 is 1.03 bits per heavy atom. The second-order valence-electron chi connectivity index (χ2n) is 8.70. The van der Waals surface area contributed by atoms with Gasteiger partial charge in [-0.2, -0.15) is 5.26 Å². The lowest BCUT2D eigenvalue weighted by atomic mass is 9.87. The molecule has 0 unspecified atom stereocenters. The molecule has 0 radical (unpaired) electrons. The monoisotopic (exact) mass is 549 g/mol. The third-order valence-electron chi connectivity index (χ3n) is 6.65. The number of hydrogen-bond acceptors (Lipinski definition) is 8. The van der Waals surface area contributed by atoms with Crippen LogP contribution in [0.2, 0.25) is 0 Å². The van der Waals surface area contributed by atoms with Gasteiger partial charge in [0.05, 0.1) is 39.5 Å². The molecule has 11 heteroatoms. The molecule has 3 aromatic rings. The lowest BCUT2D eigenvalue weighted by molar-refractivity contribution is 0.323. The molecule has 1 atom stereocenters. The third kappa shape index (κ3) is 4.09. The van der Waals surface area contributed by atoms with Gasteiger partial charge in [0, 0.05) is 11.1 Å². The molecule has 200 valence electrons. The Hall–Kier alpha value is -4.69. The van der Waals surface area contributed by atoms with Gasteiger partial charge in [0.1, 0.15) is 22.4 Å². The van der Waals surface area contributed by atoms with Crippen LogP contribution in [-0.4, -0.2) is 29.7 Å². The highest BCUT2D eigenvalue weighted by Crippen LogP contribution is 2.53. The van der Waals surface area contributed by atoms with E-state index in [1.165, 1.54) is 39.5 Å². The molecule has 0 spiro atoms. The molecule has 3 aromatic carbocycles. The summed E-state index contributed by atoms with van der Waals surface area (Å²) < 4.78 is 66.8. The zero-order chi connectivity index (χ0) is 27.9. The van der Waals surface area contributed by atoms with E-state index in [0.29, 0.717) is 16.9 Å². The quantitative estimate of drug-likeness (QED) is 0.481. The number of methoxy groups -OCH3 is 3. The van der Waals surface area contributed by atoms with E-state index in [4.69, 9.17) is 24.7 Å². The second-order valence-corrected chi connectivity index (χ2v) is 10.5. The summed E-state index contributed by atoms with van der Waals surface area (Å²) in [4.78, 5) is -0.211. The standard InChI is InChI=1S/C28H24FN3O6S/c1-35-22-12-17(13-23(36-2)26(22)37-3)24-19(14-30)28(31)38-25-18-9-5-7-11-21(18)32(39(33,34)27(24)25)15-16-8-4-6-10-20(16)29/h4-13,24H,15,31H2,1-3H3/t24-/m1/s1. The van der Waals surface area contributed by atoms with Crippen LogP contribution >= 0.6 is 0 Å². The fourth-order valence-electron chi connectivity index (χ4n) is 4.86. The van der Waals surface area contributed by atoms with E-state index in [2.05, 4.69) is 0 Å². The van der Waals surface area contributed by atoms with Gasteiger partial charge in [-0.1, -0.05) is 30.3 Å². The average Bonchev–Trinajstić information content (AvgIpc) is 2.94. The van der Waals surface area contributed by atoms with E-state index in [0.717, 1.165) is 4.31 Å². The van der Waals surface area contributed by atoms with Gasteiger partial charge in [0.25, 0.3) is 10.0 Å². The van der Waals surface area contributed by atoms with Crippen LogP contribution in [0.3, 0.4) is 0 Å². The van der Waals surface area contributed by atoms with Crippen molar-refractivity contribution in [3.63, 3.8) is 0 Å². The Morgan fingerprint density at radius 3 is 2.28 bits per heavy atom. The topological polar surface area (TPSA) is 124 Å². The van der Waals surface area contributed by atoms with Crippen LogP contribution in [0.25, 0.3) is 5.76 Å². The van der Waals surface area contributed by atoms with E-state index in [1.807, 2.05) is 6.07 Å². The number of halogens is 1. The molecule has 0 aliphatic carbocycles. The molecule has 2 N–H and O–H groups in total. The van der Waals surface area contributed by atoms with Gasteiger partial charge in [-0.25, -0.2) is 12.8 Å². The van der Waals surface area contributed by atoms with E-state index in [1.54, 1.807) is 42.5 Å². The molecule has 0 aromatic heterocycles. The van der Waals surface area contributed by atoms with Gasteiger partial charge in [-0.05, 0) is 35.9 Å². The predicted molar refractivity (Wildman–Crippen MR) is 142 cm³/mol. The Bertz CT molecular complexity index is 1670. The van der Waals surface area contributed by atoms with Crippen molar-refractivity contribution < 1.29 is 31.8 Å². The Balaban J connectivity index is 1.80. The Kier molecular flexibility index (Phi) is 6.57. The van der Waals surface area contributed by atoms with Crippen molar-refractivity contribution >= 4 is 21.5 Å². The smallest absolute Gasteiger partial charge is 0.265 e. The lowest BCUT2D eigenvalue weighted by Gasteiger charge is -2.38. The largest absolute Gasteiger partial charge is 0.493 e. The number of nitrogens with two attached hydrogens (primary N) is 1. The van der Waals surface area contributed by atoms with Gasteiger partial charge in [-0.3, -0.25) is 4.31 Å². The van der Waals surface area contributed by atoms with Gasteiger partial charge < -0.3 is 24.7 Å². The molecule has 9 nitrogen and oxygen atoms in total. The summed E-state index contributed by atoms with van der Waals surface area (Å²) in [5.74, 6) is -1.17. The summed E-state index contributed by atoms with van der Waals surface area (Å²) in [6.07, 6.45) is 0. The molecule has 39 heavy (non-hydrogen) atoms. The van der Waals surface area contributed by atoms with Crippen LogP contribution < -0.4 is 24.2 Å². The number of fused-ring (bicyclic) bond motifs is 2. The van der Waals surface area contributed by atoms with Crippen LogP contribution in [-0.2, 0) is 21.3 Å². The summed E-state index contributed by atoms with van der Waals surface area (Å²) in [6, 6.07) is 17.8. The number of nitriles is 1. The van der Waals surface area contributed by atoms with Crippen molar-refractivity contribution in [1.82, 2.24) is 0 Å². The van der Waals surface area contributed by atoms with Crippen molar-refractivity contribution in [1.29, 1.82) is 5.26 Å². The van der Waals surface area contributed by atoms with Crippen LogP contribution in [0, 0.1) is 17.1 Å². The zero-order valence-electron chi connectivity index (χ0n) is 21.3. The molecular formula is C28H24FN3O6S. The number of rotatable bonds is 6. The fourth-order valence-corrected chi connectivity index (χ4v) is 6.76. The maximum atomic E-state index is 14.7. The minimum atomic E-state index is -4.40. The van der Waals surface area contributed by atoms with Crippen molar-refractivity contribution in [3.05, 3.63) is 99.5 Å². The molecule has 0 saturated heterocycles. The van der Waals surface area contributed by atoms with Crippen LogP contribution in [0.4, 0.5) is 10.1 Å². The number of sulfonamides is 1. The van der Waals surface area contributed by atoms with Gasteiger partial charge in [-0.15, -0.1) is 0 Å². The van der Waals surface area contributed by atoms with Gasteiger partial charge in [0.2, 0.25) is 11.6 Å². The summed E-state index contributed by atoms with van der Waals surface area (Å²) in [5, 5.41) is 10.1. The number of hydrogen-bond donors (Lipinski definition) is 1. The number of para-hydroxylation sites is 1. The summed E-state index contributed by atoms with van der Waals surface area (Å²) in [6.45, 7) is -0.286. The van der Waals surface area contributed by atoms with Crippen molar-refractivity contribution in [2.45, 2.75) is 12.5 Å². The predicted octanol–water partition coefficient (Wildman–Crippen LogP) is 4.38. The number of benzene rings is 3. The minimum Gasteiger partial charge on any atom is -0.493 e. The number of ether oxygens (including phenoxy) is 4. The molecule has 0 saturated carbocycles. The third-order valence-corrected chi connectivity index (χ3v) is 8.53. The minimum absolute atomic E-state index is 0.00867. The van der Waals surface area contributed by atoms with Crippen LogP contribution in [0.5, 0.6) is 17.2 Å². The molecular weight excluding hydrogens is 525 g/mol. The second kappa shape index (κ2) is 9.89. The molecule has 0 amide bonds. The number of nitrogens with zero attached hydrogens (tertiary/aromatic N) is 2. The van der Waals surface area contributed by atoms with E-state index < -0.39 is 21.8 Å². The highest BCUT2D eigenvalue weighted by Gasteiger charge is 2.47. The summed E-state index contributed by atoms with van der Waals surface area (Å²) >= 11 is 0. The lowest BCUT2D eigenvalue weighted by Crippen LogP contribution is -2.39. The first-order chi connectivity index (χ1) is 18.8. The molecule has 2 aliphatic rings. The number of allylic oxidation sites excluding steroid dienone is 2. The molecule has 5 rings (SSSR count). The molecule has 2 heterocycles. The maximum Gasteiger partial charge on any atom is 0.265 e. The highest BCUT2D eigenvalue weighted by molar-refractivity contribution is 7.96. The van der Waals surface area contributed by atoms with E-state index in [-0.39, 0.29) is 51.4 Å². The average molecular weight is 550 g/mol. The van der Waals surface area contributed by atoms with Crippen LogP contribution in [0.1, 0.15) is 22.6 Å². The van der Waals surface area contributed by atoms with E-state index in [9.17, 15) is 18.1 Å². The highest BCUT2D eigenvalue weighted by atomic mass is 32.2. The van der Waals surface area contributed by atoms with Gasteiger partial charge >= 0.3 is 0 Å². The fraction of sp³-hybridized carbons (Fsp3) is 0.179. The van der Waals surface area contributed by atoms with Crippen molar-refractivity contribution in [2.24, 2.45) is 5.73 Å². The SMILES string of the molecule is COc1cc([C@@H]2C(C#N)=C(N)OC3=C2S(=O)(=O)N(Cc2ccccc2F)c2ccccc23)cc(OC)c1OC. The zero-order valence-corrected chi connectivity index (χ0v) is 22.1. The first-order valence-corrected chi connectivity index (χ1v) is 13.2. The number of anilines is 1. The van der Waals surface area contributed by atoms with Crippen LogP contribution in [0.15, 0.2) is 77.0 Å². The summed E-state index contributed by atoms with van der Waals surface area (Å²) in [7, 11) is -0.111. The first-order valence-electron chi connectivity index (χ1n) is 11.7. The van der Waals surface area contributed by atoms with Gasteiger partial charge in [0.15, 0.2) is 17.3 Å². The maximum absolute atomic E-state index is 14.7. The Morgan fingerprint density at radius 2 is 1.67 bits per heavy atom. The van der Waals surface area contributed by atoms with Crippen molar-refractivity contribution in [2.75, 3.05) is 25.6 Å². The molecule has 0 bridgehead atoms. The molecule has 2 aliphatic heterocycles. The Labute approximate surface area is 225 Å². The van der Waals surface area contributed by atoms with Crippen molar-refractivity contribution in [3.8, 4) is 23.3 Å².